The molecule has 0 aliphatic carbocycles. The zero-order chi connectivity index (χ0) is 13.8. The summed E-state index contributed by atoms with van der Waals surface area (Å²) in [5, 5.41) is 0. The van der Waals surface area contributed by atoms with E-state index in [9.17, 15) is 4.79 Å². The van der Waals surface area contributed by atoms with Crippen LogP contribution in [0, 0.1) is 0 Å². The molecule has 0 aromatic carbocycles. The molecule has 0 unspecified atom stereocenters. The molecule has 5 heteroatoms. The standard InChI is InChI=1S/C13H21NO4/c1-6-17-8-7-9-14-11(13(2,3)4)10(18-9)12(15)16-5/h6-8H2,1-5H3. The zero-order valence-corrected chi connectivity index (χ0v) is 11.7. The van der Waals surface area contributed by atoms with Gasteiger partial charge in [-0.2, -0.15) is 0 Å². The number of aromatic nitrogens is 1. The first-order valence-corrected chi connectivity index (χ1v) is 6.06. The van der Waals surface area contributed by atoms with Gasteiger partial charge in [-0.25, -0.2) is 9.78 Å². The Kier molecular flexibility index (Phi) is 4.90. The van der Waals surface area contributed by atoms with Gasteiger partial charge in [-0.05, 0) is 6.92 Å². The first-order chi connectivity index (χ1) is 8.40. The van der Waals surface area contributed by atoms with E-state index in [2.05, 4.69) is 4.98 Å². The lowest BCUT2D eigenvalue weighted by Crippen LogP contribution is -2.17. The summed E-state index contributed by atoms with van der Waals surface area (Å²) >= 11 is 0. The van der Waals surface area contributed by atoms with E-state index in [4.69, 9.17) is 13.9 Å². The van der Waals surface area contributed by atoms with Crippen LogP contribution in [0.1, 0.15) is 49.8 Å². The van der Waals surface area contributed by atoms with Crippen LogP contribution in [-0.2, 0) is 21.3 Å². The highest BCUT2D eigenvalue weighted by Crippen LogP contribution is 2.26. The second-order valence-electron chi connectivity index (χ2n) is 4.97. The summed E-state index contributed by atoms with van der Waals surface area (Å²) in [7, 11) is 1.33. The van der Waals surface area contributed by atoms with E-state index in [1.165, 1.54) is 7.11 Å². The Balaban J connectivity index is 2.97. The molecular formula is C13H21NO4. The van der Waals surface area contributed by atoms with Crippen LogP contribution in [0.3, 0.4) is 0 Å². The lowest BCUT2D eigenvalue weighted by atomic mass is 9.91. The van der Waals surface area contributed by atoms with Crippen molar-refractivity contribution in [2.75, 3.05) is 20.3 Å². The number of hydrogen-bond donors (Lipinski definition) is 0. The number of methoxy groups -OCH3 is 1. The van der Waals surface area contributed by atoms with Gasteiger partial charge in [-0.1, -0.05) is 20.8 Å². The van der Waals surface area contributed by atoms with Crippen LogP contribution in [0.4, 0.5) is 0 Å². The third kappa shape index (κ3) is 3.57. The average Bonchev–Trinajstić information content (AvgIpc) is 2.72. The molecule has 0 atom stereocenters. The molecule has 0 saturated heterocycles. The molecule has 0 spiro atoms. The van der Waals surface area contributed by atoms with Crippen LogP contribution in [0.2, 0.25) is 0 Å². The minimum Gasteiger partial charge on any atom is -0.463 e. The Morgan fingerprint density at radius 1 is 1.39 bits per heavy atom. The molecule has 0 radical (unpaired) electrons. The molecule has 0 saturated carbocycles. The summed E-state index contributed by atoms with van der Waals surface area (Å²) in [4.78, 5) is 16.0. The maximum absolute atomic E-state index is 11.6. The van der Waals surface area contributed by atoms with Crippen LogP contribution in [0.5, 0.6) is 0 Å². The summed E-state index contributed by atoms with van der Waals surface area (Å²) in [6.07, 6.45) is 0.550. The fraction of sp³-hybridized carbons (Fsp3) is 0.692. The number of rotatable bonds is 5. The third-order valence-corrected chi connectivity index (χ3v) is 2.42. The average molecular weight is 255 g/mol. The van der Waals surface area contributed by atoms with Gasteiger partial charge in [0.15, 0.2) is 5.89 Å². The highest BCUT2D eigenvalue weighted by molar-refractivity contribution is 5.87. The van der Waals surface area contributed by atoms with E-state index >= 15 is 0 Å². The van der Waals surface area contributed by atoms with E-state index in [1.807, 2.05) is 27.7 Å². The summed E-state index contributed by atoms with van der Waals surface area (Å²) in [6.45, 7) is 9.03. The topological polar surface area (TPSA) is 61.6 Å². The molecule has 1 aromatic rings. The van der Waals surface area contributed by atoms with Gasteiger partial charge >= 0.3 is 5.97 Å². The second kappa shape index (κ2) is 6.00. The van der Waals surface area contributed by atoms with E-state index in [-0.39, 0.29) is 11.2 Å². The van der Waals surface area contributed by atoms with E-state index in [1.54, 1.807) is 0 Å². The normalized spacial score (nSPS) is 11.6. The van der Waals surface area contributed by atoms with Crippen LogP contribution in [0.25, 0.3) is 0 Å². The molecule has 102 valence electrons. The molecule has 0 aliphatic rings. The predicted octanol–water partition coefficient (Wildman–Crippen LogP) is 2.34. The van der Waals surface area contributed by atoms with Crippen molar-refractivity contribution in [3.05, 3.63) is 17.3 Å². The van der Waals surface area contributed by atoms with E-state index in [0.717, 1.165) is 0 Å². The first kappa shape index (κ1) is 14.7. The smallest absolute Gasteiger partial charge is 0.376 e. The molecule has 18 heavy (non-hydrogen) atoms. The van der Waals surface area contributed by atoms with Gasteiger partial charge in [0, 0.05) is 18.4 Å². The molecule has 1 heterocycles. The van der Waals surface area contributed by atoms with Crippen LogP contribution in [-0.4, -0.2) is 31.3 Å². The Labute approximate surface area is 107 Å². The SMILES string of the molecule is CCOCCc1nc(C(C)(C)C)c(C(=O)OC)o1. The van der Waals surface area contributed by atoms with Gasteiger partial charge in [0.2, 0.25) is 5.76 Å². The van der Waals surface area contributed by atoms with E-state index in [0.29, 0.717) is 31.2 Å². The Morgan fingerprint density at radius 2 is 2.06 bits per heavy atom. The van der Waals surface area contributed by atoms with Crippen LogP contribution < -0.4 is 0 Å². The number of esters is 1. The minimum atomic E-state index is -0.491. The van der Waals surface area contributed by atoms with Gasteiger partial charge in [-0.3, -0.25) is 0 Å². The Bertz CT molecular complexity index is 404. The predicted molar refractivity (Wildman–Crippen MR) is 66.7 cm³/mol. The van der Waals surface area contributed by atoms with Crippen molar-refractivity contribution in [3.8, 4) is 0 Å². The van der Waals surface area contributed by atoms with Gasteiger partial charge in [0.1, 0.15) is 0 Å². The Morgan fingerprint density at radius 3 is 2.56 bits per heavy atom. The maximum atomic E-state index is 11.6. The number of hydrogen-bond acceptors (Lipinski definition) is 5. The van der Waals surface area contributed by atoms with Gasteiger partial charge in [0.25, 0.3) is 0 Å². The molecule has 1 rings (SSSR count). The third-order valence-electron chi connectivity index (χ3n) is 2.42. The number of carbonyl (C=O) groups excluding carboxylic acids is 1. The molecule has 1 aromatic heterocycles. The largest absolute Gasteiger partial charge is 0.463 e. The summed E-state index contributed by atoms with van der Waals surface area (Å²) in [6, 6.07) is 0. The van der Waals surface area contributed by atoms with Gasteiger partial charge in [-0.15, -0.1) is 0 Å². The molecular weight excluding hydrogens is 234 g/mol. The fourth-order valence-electron chi connectivity index (χ4n) is 1.51. The number of oxazole rings is 1. The molecule has 0 aliphatic heterocycles. The minimum absolute atomic E-state index is 0.191. The molecule has 0 amide bonds. The summed E-state index contributed by atoms with van der Waals surface area (Å²) in [5.74, 6) is 0.209. The first-order valence-electron chi connectivity index (χ1n) is 6.06. The highest BCUT2D eigenvalue weighted by Gasteiger charge is 2.29. The number of nitrogens with zero attached hydrogens (tertiary/aromatic N) is 1. The monoisotopic (exact) mass is 255 g/mol. The summed E-state index contributed by atoms with van der Waals surface area (Å²) in [5.41, 5.74) is 0.359. The second-order valence-corrected chi connectivity index (χ2v) is 4.97. The van der Waals surface area contributed by atoms with Crippen molar-refractivity contribution in [3.63, 3.8) is 0 Å². The van der Waals surface area contributed by atoms with Gasteiger partial charge < -0.3 is 13.9 Å². The maximum Gasteiger partial charge on any atom is 0.376 e. The molecule has 0 fully saturated rings. The van der Waals surface area contributed by atoms with Crippen molar-refractivity contribution in [1.29, 1.82) is 0 Å². The lowest BCUT2D eigenvalue weighted by molar-refractivity contribution is 0.0558. The van der Waals surface area contributed by atoms with Crippen molar-refractivity contribution < 1.29 is 18.7 Å². The fourth-order valence-corrected chi connectivity index (χ4v) is 1.51. The molecule has 5 nitrogen and oxygen atoms in total. The zero-order valence-electron chi connectivity index (χ0n) is 11.7. The van der Waals surface area contributed by atoms with Crippen LogP contribution in [0.15, 0.2) is 4.42 Å². The van der Waals surface area contributed by atoms with Crippen molar-refractivity contribution in [2.24, 2.45) is 0 Å². The highest BCUT2D eigenvalue weighted by atomic mass is 16.5. The van der Waals surface area contributed by atoms with Gasteiger partial charge in [0.05, 0.1) is 19.4 Å². The van der Waals surface area contributed by atoms with Crippen molar-refractivity contribution in [1.82, 2.24) is 4.98 Å². The number of ether oxygens (including phenoxy) is 2. The summed E-state index contributed by atoms with van der Waals surface area (Å²) < 4.78 is 15.4. The number of carbonyl (C=O) groups is 1. The quantitative estimate of drug-likeness (QED) is 0.597. The molecule has 0 bridgehead atoms. The van der Waals surface area contributed by atoms with Crippen LogP contribution >= 0.6 is 0 Å². The molecule has 0 N–H and O–H groups in total. The Hall–Kier alpha value is -1.36. The van der Waals surface area contributed by atoms with Crippen molar-refractivity contribution in [2.45, 2.75) is 39.5 Å². The van der Waals surface area contributed by atoms with E-state index < -0.39 is 5.97 Å². The van der Waals surface area contributed by atoms with Crippen molar-refractivity contribution >= 4 is 5.97 Å². The lowest BCUT2D eigenvalue weighted by Gasteiger charge is -2.15.